The molecule has 0 aliphatic carbocycles. The van der Waals surface area contributed by atoms with Crippen LogP contribution in [0.3, 0.4) is 0 Å². The van der Waals surface area contributed by atoms with Gasteiger partial charge in [0.1, 0.15) is 5.67 Å². The lowest BCUT2D eigenvalue weighted by atomic mass is 9.98. The summed E-state index contributed by atoms with van der Waals surface area (Å²) in [4.78, 5) is 0. The summed E-state index contributed by atoms with van der Waals surface area (Å²) in [7, 11) is 0. The fourth-order valence-electron chi connectivity index (χ4n) is 0.915. The Kier molecular flexibility index (Phi) is 2.85. The van der Waals surface area contributed by atoms with Gasteiger partial charge in [-0.05, 0) is 24.6 Å². The molecule has 66 valence electrons. The van der Waals surface area contributed by atoms with Crippen LogP contribution in [0.5, 0.6) is 0 Å². The summed E-state index contributed by atoms with van der Waals surface area (Å²) in [5, 5.41) is 0. The van der Waals surface area contributed by atoms with E-state index >= 15 is 0 Å². The maximum atomic E-state index is 13.5. The van der Waals surface area contributed by atoms with Crippen LogP contribution >= 0.6 is 15.9 Å². The molecule has 0 amide bonds. The molecule has 0 spiro atoms. The summed E-state index contributed by atoms with van der Waals surface area (Å²) in [6, 6.07) is 7.08. The molecular formula is C9H11BrFN. The Balaban J connectivity index is 2.96. The van der Waals surface area contributed by atoms with E-state index in [-0.39, 0.29) is 6.54 Å². The molecule has 2 N–H and O–H groups in total. The molecule has 3 heteroatoms. The molecule has 0 saturated carbocycles. The predicted octanol–water partition coefficient (Wildman–Crippen LogP) is 2.59. The third-order valence-electron chi connectivity index (χ3n) is 1.83. The molecule has 12 heavy (non-hydrogen) atoms. The largest absolute Gasteiger partial charge is 0.327 e. The Bertz CT molecular complexity index is 256. The van der Waals surface area contributed by atoms with Crippen LogP contribution < -0.4 is 5.73 Å². The van der Waals surface area contributed by atoms with Crippen molar-refractivity contribution in [2.75, 3.05) is 6.54 Å². The van der Waals surface area contributed by atoms with Gasteiger partial charge < -0.3 is 5.73 Å². The van der Waals surface area contributed by atoms with Gasteiger partial charge in [0.25, 0.3) is 0 Å². The minimum atomic E-state index is -1.42. The van der Waals surface area contributed by atoms with Gasteiger partial charge in [-0.3, -0.25) is 0 Å². The third kappa shape index (κ3) is 2.05. The molecule has 0 saturated heterocycles. The van der Waals surface area contributed by atoms with Crippen molar-refractivity contribution in [1.29, 1.82) is 0 Å². The topological polar surface area (TPSA) is 26.0 Å². The first-order valence-corrected chi connectivity index (χ1v) is 4.50. The fourth-order valence-corrected chi connectivity index (χ4v) is 1.18. The van der Waals surface area contributed by atoms with Crippen LogP contribution in [0.1, 0.15) is 12.5 Å². The second kappa shape index (κ2) is 3.54. The van der Waals surface area contributed by atoms with Crippen molar-refractivity contribution in [3.63, 3.8) is 0 Å². The zero-order valence-corrected chi connectivity index (χ0v) is 8.44. The molecule has 1 aromatic rings. The number of halogens is 2. The molecule has 1 nitrogen and oxygen atoms in total. The molecule has 0 aliphatic rings. The van der Waals surface area contributed by atoms with Crippen molar-refractivity contribution in [2.45, 2.75) is 12.6 Å². The van der Waals surface area contributed by atoms with Gasteiger partial charge in [0.2, 0.25) is 0 Å². The van der Waals surface area contributed by atoms with Crippen LogP contribution in [0.25, 0.3) is 0 Å². The highest BCUT2D eigenvalue weighted by Crippen LogP contribution is 2.25. The van der Waals surface area contributed by atoms with Crippen LogP contribution in [0, 0.1) is 0 Å². The van der Waals surface area contributed by atoms with Crippen molar-refractivity contribution in [3.8, 4) is 0 Å². The van der Waals surface area contributed by atoms with Crippen LogP contribution in [-0.2, 0) is 5.67 Å². The number of rotatable bonds is 2. The summed E-state index contributed by atoms with van der Waals surface area (Å²) in [6.45, 7) is 1.49. The molecule has 0 aromatic heterocycles. The van der Waals surface area contributed by atoms with Crippen molar-refractivity contribution in [1.82, 2.24) is 0 Å². The number of hydrogen-bond donors (Lipinski definition) is 1. The summed E-state index contributed by atoms with van der Waals surface area (Å²) in [5.41, 5.74) is 4.49. The van der Waals surface area contributed by atoms with Gasteiger partial charge in [-0.2, -0.15) is 0 Å². The number of nitrogens with two attached hydrogens (primary N) is 1. The molecule has 1 aromatic carbocycles. The van der Waals surface area contributed by atoms with Gasteiger partial charge in [0, 0.05) is 11.0 Å². The predicted molar refractivity (Wildman–Crippen MR) is 51.7 cm³/mol. The van der Waals surface area contributed by atoms with Crippen LogP contribution in [-0.4, -0.2) is 6.54 Å². The SMILES string of the molecule is CC(F)(CN)c1ccc(Br)cc1. The first-order valence-electron chi connectivity index (χ1n) is 3.71. The molecule has 0 radical (unpaired) electrons. The molecule has 0 fully saturated rings. The lowest BCUT2D eigenvalue weighted by Gasteiger charge is -2.18. The van der Waals surface area contributed by atoms with Gasteiger partial charge >= 0.3 is 0 Å². The molecule has 1 atom stereocenters. The zero-order valence-electron chi connectivity index (χ0n) is 6.85. The van der Waals surface area contributed by atoms with E-state index in [1.807, 2.05) is 12.1 Å². The van der Waals surface area contributed by atoms with E-state index in [0.717, 1.165) is 4.47 Å². The summed E-state index contributed by atoms with van der Waals surface area (Å²) < 4.78 is 14.5. The lowest BCUT2D eigenvalue weighted by molar-refractivity contribution is 0.203. The number of alkyl halides is 1. The van der Waals surface area contributed by atoms with E-state index in [2.05, 4.69) is 15.9 Å². The van der Waals surface area contributed by atoms with Gasteiger partial charge in [0.05, 0.1) is 0 Å². The Morgan fingerprint density at radius 2 is 1.92 bits per heavy atom. The van der Waals surface area contributed by atoms with E-state index in [0.29, 0.717) is 5.56 Å². The van der Waals surface area contributed by atoms with Gasteiger partial charge in [-0.25, -0.2) is 4.39 Å². The second-order valence-corrected chi connectivity index (χ2v) is 3.82. The second-order valence-electron chi connectivity index (χ2n) is 2.91. The summed E-state index contributed by atoms with van der Waals surface area (Å²) >= 11 is 3.28. The third-order valence-corrected chi connectivity index (χ3v) is 2.36. The highest BCUT2D eigenvalue weighted by Gasteiger charge is 2.22. The minimum absolute atomic E-state index is 0.00856. The maximum absolute atomic E-state index is 13.5. The van der Waals surface area contributed by atoms with Crippen molar-refractivity contribution in [2.24, 2.45) is 5.73 Å². The molecule has 0 heterocycles. The summed E-state index contributed by atoms with van der Waals surface area (Å²) in [5.74, 6) is 0. The minimum Gasteiger partial charge on any atom is -0.327 e. The molecule has 0 bridgehead atoms. The monoisotopic (exact) mass is 231 g/mol. The zero-order chi connectivity index (χ0) is 9.19. The van der Waals surface area contributed by atoms with E-state index in [9.17, 15) is 4.39 Å². The molecule has 1 unspecified atom stereocenters. The Morgan fingerprint density at radius 1 is 1.42 bits per heavy atom. The quantitative estimate of drug-likeness (QED) is 0.833. The van der Waals surface area contributed by atoms with E-state index in [4.69, 9.17) is 5.73 Å². The Hall–Kier alpha value is -0.410. The molecular weight excluding hydrogens is 221 g/mol. The smallest absolute Gasteiger partial charge is 0.145 e. The highest BCUT2D eigenvalue weighted by molar-refractivity contribution is 9.10. The van der Waals surface area contributed by atoms with Gasteiger partial charge in [-0.15, -0.1) is 0 Å². The van der Waals surface area contributed by atoms with Gasteiger partial charge in [0.15, 0.2) is 0 Å². The molecule has 1 rings (SSSR count). The number of hydrogen-bond acceptors (Lipinski definition) is 1. The van der Waals surface area contributed by atoms with Crippen LogP contribution in [0.2, 0.25) is 0 Å². The average molecular weight is 232 g/mol. The van der Waals surface area contributed by atoms with E-state index in [1.54, 1.807) is 12.1 Å². The highest BCUT2D eigenvalue weighted by atomic mass is 79.9. The maximum Gasteiger partial charge on any atom is 0.145 e. The normalized spacial score (nSPS) is 15.7. The average Bonchev–Trinajstić information content (AvgIpc) is 2.05. The van der Waals surface area contributed by atoms with Crippen molar-refractivity contribution >= 4 is 15.9 Å². The van der Waals surface area contributed by atoms with Crippen molar-refractivity contribution < 1.29 is 4.39 Å². The summed E-state index contributed by atoms with van der Waals surface area (Å²) in [6.07, 6.45) is 0. The van der Waals surface area contributed by atoms with E-state index < -0.39 is 5.67 Å². The van der Waals surface area contributed by atoms with Crippen LogP contribution in [0.4, 0.5) is 4.39 Å². The lowest BCUT2D eigenvalue weighted by Crippen LogP contribution is -2.26. The first kappa shape index (κ1) is 9.68. The first-order chi connectivity index (χ1) is 5.56. The van der Waals surface area contributed by atoms with Crippen LogP contribution in [0.15, 0.2) is 28.7 Å². The Morgan fingerprint density at radius 3 is 2.33 bits per heavy atom. The van der Waals surface area contributed by atoms with Gasteiger partial charge in [-0.1, -0.05) is 28.1 Å². The molecule has 0 aliphatic heterocycles. The van der Waals surface area contributed by atoms with Crippen molar-refractivity contribution in [3.05, 3.63) is 34.3 Å². The number of benzene rings is 1. The standard InChI is InChI=1S/C9H11BrFN/c1-9(11,6-12)7-2-4-8(10)5-3-7/h2-5H,6,12H2,1H3. The van der Waals surface area contributed by atoms with E-state index in [1.165, 1.54) is 6.92 Å². The Labute approximate surface area is 79.9 Å². The fraction of sp³-hybridized carbons (Fsp3) is 0.333.